The fraction of sp³-hybridized carbons (Fsp3) is 0.385. The van der Waals surface area contributed by atoms with Crippen molar-refractivity contribution in [2.75, 3.05) is 13.1 Å². The largest absolute Gasteiger partial charge is 0.387 e. The zero-order chi connectivity index (χ0) is 11.8. The summed E-state index contributed by atoms with van der Waals surface area (Å²) in [6, 6.07) is 5.99. The molecule has 0 radical (unpaired) electrons. The van der Waals surface area contributed by atoms with Crippen molar-refractivity contribution in [1.29, 1.82) is 0 Å². The zero-order valence-corrected chi connectivity index (χ0v) is 9.12. The Morgan fingerprint density at radius 2 is 2.31 bits per heavy atom. The van der Waals surface area contributed by atoms with Gasteiger partial charge in [-0.2, -0.15) is 0 Å². The molecule has 0 aliphatic heterocycles. The highest BCUT2D eigenvalue weighted by molar-refractivity contribution is 5.18. The number of hydrogen-bond acceptors (Lipinski definition) is 2. The number of halogens is 1. The van der Waals surface area contributed by atoms with Crippen LogP contribution in [0.3, 0.4) is 0 Å². The van der Waals surface area contributed by atoms with Crippen LogP contribution >= 0.6 is 0 Å². The summed E-state index contributed by atoms with van der Waals surface area (Å²) in [5, 5.41) is 12.8. The number of hydrogen-bond donors (Lipinski definition) is 2. The van der Waals surface area contributed by atoms with E-state index in [0.29, 0.717) is 12.1 Å². The molecular weight excluding hydrogens is 205 g/mol. The van der Waals surface area contributed by atoms with E-state index >= 15 is 0 Å². The molecule has 0 bridgehead atoms. The van der Waals surface area contributed by atoms with Gasteiger partial charge in [0.1, 0.15) is 5.82 Å². The Morgan fingerprint density at radius 1 is 1.50 bits per heavy atom. The molecule has 0 heterocycles. The Bertz CT molecular complexity index is 359. The van der Waals surface area contributed by atoms with Gasteiger partial charge < -0.3 is 10.4 Å². The van der Waals surface area contributed by atoms with Crippen molar-refractivity contribution in [3.63, 3.8) is 0 Å². The quantitative estimate of drug-likeness (QED) is 0.567. The highest BCUT2D eigenvalue weighted by atomic mass is 19.1. The Balaban J connectivity index is 2.30. The number of rotatable bonds is 6. The smallest absolute Gasteiger partial charge is 0.123 e. The Morgan fingerprint density at radius 3 is 3.00 bits per heavy atom. The van der Waals surface area contributed by atoms with E-state index in [1.807, 2.05) is 0 Å². The molecular formula is C13H16FNO. The van der Waals surface area contributed by atoms with Gasteiger partial charge in [-0.15, -0.1) is 12.3 Å². The third-order valence-electron chi connectivity index (χ3n) is 2.25. The van der Waals surface area contributed by atoms with Gasteiger partial charge in [0.2, 0.25) is 0 Å². The lowest BCUT2D eigenvalue weighted by molar-refractivity contribution is 0.174. The molecule has 0 aliphatic rings. The molecule has 1 unspecified atom stereocenters. The number of nitrogens with one attached hydrogen (secondary N) is 1. The molecule has 0 aromatic heterocycles. The lowest BCUT2D eigenvalue weighted by Crippen LogP contribution is -2.22. The highest BCUT2D eigenvalue weighted by Crippen LogP contribution is 2.12. The van der Waals surface area contributed by atoms with Gasteiger partial charge in [-0.25, -0.2) is 4.39 Å². The van der Waals surface area contributed by atoms with Crippen molar-refractivity contribution in [2.24, 2.45) is 0 Å². The first-order valence-electron chi connectivity index (χ1n) is 5.31. The van der Waals surface area contributed by atoms with Gasteiger partial charge in [0.05, 0.1) is 6.10 Å². The molecule has 86 valence electrons. The van der Waals surface area contributed by atoms with Crippen molar-refractivity contribution >= 4 is 0 Å². The number of terminal acetylenes is 1. The summed E-state index contributed by atoms with van der Waals surface area (Å²) in [7, 11) is 0. The van der Waals surface area contributed by atoms with Crippen LogP contribution in [0.2, 0.25) is 0 Å². The van der Waals surface area contributed by atoms with Crippen LogP contribution in [0.5, 0.6) is 0 Å². The van der Waals surface area contributed by atoms with Crippen LogP contribution in [0.25, 0.3) is 0 Å². The minimum absolute atomic E-state index is 0.330. The van der Waals surface area contributed by atoms with E-state index in [4.69, 9.17) is 6.42 Å². The van der Waals surface area contributed by atoms with E-state index in [0.717, 1.165) is 19.4 Å². The Hall–Kier alpha value is -1.37. The van der Waals surface area contributed by atoms with Gasteiger partial charge in [-0.1, -0.05) is 12.1 Å². The van der Waals surface area contributed by atoms with Gasteiger partial charge >= 0.3 is 0 Å². The van der Waals surface area contributed by atoms with Crippen LogP contribution in [-0.4, -0.2) is 18.2 Å². The van der Waals surface area contributed by atoms with Crippen molar-refractivity contribution in [3.05, 3.63) is 35.6 Å². The summed E-state index contributed by atoms with van der Waals surface area (Å²) >= 11 is 0. The van der Waals surface area contributed by atoms with Crippen LogP contribution in [0.15, 0.2) is 24.3 Å². The van der Waals surface area contributed by atoms with E-state index in [9.17, 15) is 9.50 Å². The second-order valence-electron chi connectivity index (χ2n) is 3.58. The fourth-order valence-electron chi connectivity index (χ4n) is 1.39. The average Bonchev–Trinajstić information content (AvgIpc) is 2.28. The zero-order valence-electron chi connectivity index (χ0n) is 9.12. The molecule has 1 aromatic carbocycles. The monoisotopic (exact) mass is 221 g/mol. The third kappa shape index (κ3) is 4.43. The van der Waals surface area contributed by atoms with E-state index in [1.165, 1.54) is 12.1 Å². The molecule has 1 atom stereocenters. The van der Waals surface area contributed by atoms with Gasteiger partial charge in [-0.3, -0.25) is 0 Å². The van der Waals surface area contributed by atoms with Crippen LogP contribution < -0.4 is 5.32 Å². The molecule has 0 saturated carbocycles. The van der Waals surface area contributed by atoms with E-state index in [1.54, 1.807) is 12.1 Å². The lowest BCUT2D eigenvalue weighted by Gasteiger charge is -2.11. The molecule has 3 heteroatoms. The highest BCUT2D eigenvalue weighted by Gasteiger charge is 2.06. The van der Waals surface area contributed by atoms with Crippen LogP contribution in [-0.2, 0) is 0 Å². The molecule has 0 saturated heterocycles. The van der Waals surface area contributed by atoms with Crippen LogP contribution in [0, 0.1) is 18.2 Å². The topological polar surface area (TPSA) is 32.3 Å². The number of unbranched alkanes of at least 4 members (excludes halogenated alkanes) is 1. The van der Waals surface area contributed by atoms with Crippen molar-refractivity contribution in [1.82, 2.24) is 5.32 Å². The first-order chi connectivity index (χ1) is 7.74. The second kappa shape index (κ2) is 7.00. The summed E-state index contributed by atoms with van der Waals surface area (Å²) in [4.78, 5) is 0. The summed E-state index contributed by atoms with van der Waals surface area (Å²) in [6.07, 6.45) is 6.04. The molecule has 16 heavy (non-hydrogen) atoms. The molecule has 2 nitrogen and oxygen atoms in total. The number of aliphatic hydroxyl groups is 1. The summed E-state index contributed by atoms with van der Waals surface area (Å²) in [6.45, 7) is 1.17. The summed E-state index contributed by atoms with van der Waals surface area (Å²) < 4.78 is 12.9. The van der Waals surface area contributed by atoms with Crippen molar-refractivity contribution < 1.29 is 9.50 Å². The maximum Gasteiger partial charge on any atom is 0.123 e. The summed E-state index contributed by atoms with van der Waals surface area (Å²) in [5.41, 5.74) is 0.587. The maximum atomic E-state index is 12.9. The van der Waals surface area contributed by atoms with Gasteiger partial charge in [0.25, 0.3) is 0 Å². The van der Waals surface area contributed by atoms with Crippen molar-refractivity contribution in [3.8, 4) is 12.3 Å². The van der Waals surface area contributed by atoms with Crippen LogP contribution in [0.4, 0.5) is 4.39 Å². The fourth-order valence-corrected chi connectivity index (χ4v) is 1.39. The second-order valence-corrected chi connectivity index (χ2v) is 3.58. The number of benzene rings is 1. The van der Waals surface area contributed by atoms with E-state index in [-0.39, 0.29) is 5.82 Å². The molecule has 1 rings (SSSR count). The first kappa shape index (κ1) is 12.7. The van der Waals surface area contributed by atoms with E-state index in [2.05, 4.69) is 11.2 Å². The molecule has 0 amide bonds. The Labute approximate surface area is 95.5 Å². The molecule has 0 spiro atoms. The van der Waals surface area contributed by atoms with Gasteiger partial charge in [-0.05, 0) is 30.7 Å². The molecule has 0 aliphatic carbocycles. The normalized spacial score (nSPS) is 12.1. The minimum atomic E-state index is -0.679. The Kier molecular flexibility index (Phi) is 5.55. The molecule has 2 N–H and O–H groups in total. The lowest BCUT2D eigenvalue weighted by atomic mass is 10.1. The summed E-state index contributed by atoms with van der Waals surface area (Å²) in [5.74, 6) is 2.21. The molecule has 0 fully saturated rings. The number of aliphatic hydroxyl groups excluding tert-OH is 1. The average molecular weight is 221 g/mol. The SMILES string of the molecule is C#CCCCNCC(O)c1cccc(F)c1. The predicted octanol–water partition coefficient (Wildman–Crippen LogP) is 1.86. The molecule has 1 aromatic rings. The standard InChI is InChI=1S/C13H16FNO/c1-2-3-4-8-15-10-13(16)11-6-5-7-12(14)9-11/h1,5-7,9,13,15-16H,3-4,8,10H2. The maximum absolute atomic E-state index is 12.9. The van der Waals surface area contributed by atoms with Gasteiger partial charge in [0.15, 0.2) is 0 Å². The van der Waals surface area contributed by atoms with Gasteiger partial charge in [0, 0.05) is 13.0 Å². The third-order valence-corrected chi connectivity index (χ3v) is 2.25. The van der Waals surface area contributed by atoms with E-state index < -0.39 is 6.10 Å². The minimum Gasteiger partial charge on any atom is -0.387 e. The predicted molar refractivity (Wildman–Crippen MR) is 62.3 cm³/mol. The van der Waals surface area contributed by atoms with Crippen LogP contribution in [0.1, 0.15) is 24.5 Å². The first-order valence-corrected chi connectivity index (χ1v) is 5.31. The van der Waals surface area contributed by atoms with Crippen molar-refractivity contribution in [2.45, 2.75) is 18.9 Å².